The second kappa shape index (κ2) is 9.68. The highest BCUT2D eigenvalue weighted by molar-refractivity contribution is 7.99. The number of hydrogen-bond acceptors (Lipinski definition) is 8. The summed E-state index contributed by atoms with van der Waals surface area (Å²) >= 11 is 2.17. The number of nitrogens with zero attached hydrogens (tertiary/aromatic N) is 2. The third-order valence-electron chi connectivity index (χ3n) is 4.18. The summed E-state index contributed by atoms with van der Waals surface area (Å²) in [6.45, 7) is 3.45. The zero-order valence-corrected chi connectivity index (χ0v) is 18.3. The van der Waals surface area contributed by atoms with Gasteiger partial charge in [0, 0.05) is 17.7 Å². The van der Waals surface area contributed by atoms with Crippen molar-refractivity contribution < 1.29 is 14.3 Å². The summed E-state index contributed by atoms with van der Waals surface area (Å²) in [5.41, 5.74) is 2.53. The van der Waals surface area contributed by atoms with E-state index in [-0.39, 0.29) is 17.2 Å². The molecule has 0 saturated carbocycles. The molecule has 0 radical (unpaired) electrons. The van der Waals surface area contributed by atoms with Crippen molar-refractivity contribution in [1.29, 1.82) is 0 Å². The van der Waals surface area contributed by atoms with Gasteiger partial charge in [0.2, 0.25) is 5.91 Å². The molecule has 0 aliphatic carbocycles. The van der Waals surface area contributed by atoms with Crippen molar-refractivity contribution in [1.82, 2.24) is 15.0 Å². The Bertz CT molecular complexity index is 1130. The van der Waals surface area contributed by atoms with Crippen LogP contribution in [-0.4, -0.2) is 39.7 Å². The number of amides is 1. The zero-order valence-electron chi connectivity index (χ0n) is 16.6. The predicted octanol–water partition coefficient (Wildman–Crippen LogP) is 2.95. The average Bonchev–Trinajstić information content (AvgIpc) is 3.09. The Kier molecular flexibility index (Phi) is 7.01. The van der Waals surface area contributed by atoms with Crippen molar-refractivity contribution in [2.75, 3.05) is 18.2 Å². The summed E-state index contributed by atoms with van der Waals surface area (Å²) in [7, 11) is 1.29. The molecule has 156 valence electrons. The number of esters is 1. The number of rotatable bonds is 7. The molecule has 0 unspecified atom stereocenters. The smallest absolute Gasteiger partial charge is 0.350 e. The third-order valence-corrected chi connectivity index (χ3v) is 6.10. The number of benzene rings is 1. The SMILES string of the molecule is COC(=O)c1sc(NC(=O)CSc2nc(C)c(Cc3ccccc3)c(=O)[nH]2)nc1C. The Morgan fingerprint density at radius 3 is 2.57 bits per heavy atom. The maximum absolute atomic E-state index is 12.5. The number of aryl methyl sites for hydroxylation is 2. The highest BCUT2D eigenvalue weighted by atomic mass is 32.2. The summed E-state index contributed by atoms with van der Waals surface area (Å²) in [4.78, 5) is 48.0. The van der Waals surface area contributed by atoms with Crippen LogP contribution in [0.25, 0.3) is 0 Å². The molecule has 0 spiro atoms. The molecule has 10 heteroatoms. The lowest BCUT2D eigenvalue weighted by molar-refractivity contribution is -0.113. The number of thioether (sulfide) groups is 1. The minimum Gasteiger partial charge on any atom is -0.465 e. The number of ether oxygens (including phenoxy) is 1. The Labute approximate surface area is 181 Å². The second-order valence-electron chi connectivity index (χ2n) is 6.36. The maximum atomic E-state index is 12.5. The van der Waals surface area contributed by atoms with E-state index in [0.29, 0.717) is 38.5 Å². The van der Waals surface area contributed by atoms with Crippen LogP contribution < -0.4 is 10.9 Å². The van der Waals surface area contributed by atoms with E-state index in [1.165, 1.54) is 7.11 Å². The molecule has 2 N–H and O–H groups in total. The minimum atomic E-state index is -0.493. The van der Waals surface area contributed by atoms with Gasteiger partial charge in [-0.1, -0.05) is 53.4 Å². The number of carbonyl (C=O) groups excluding carboxylic acids is 2. The Balaban J connectivity index is 1.62. The number of anilines is 1. The predicted molar refractivity (Wildman–Crippen MR) is 116 cm³/mol. The second-order valence-corrected chi connectivity index (χ2v) is 8.32. The molecule has 0 aliphatic heterocycles. The summed E-state index contributed by atoms with van der Waals surface area (Å²) in [5, 5.41) is 3.33. The summed E-state index contributed by atoms with van der Waals surface area (Å²) in [6, 6.07) is 9.68. The number of nitrogens with one attached hydrogen (secondary N) is 2. The van der Waals surface area contributed by atoms with Crippen molar-refractivity contribution in [2.24, 2.45) is 0 Å². The van der Waals surface area contributed by atoms with Gasteiger partial charge in [-0.25, -0.2) is 14.8 Å². The molecular formula is C20H20N4O4S2. The van der Waals surface area contributed by atoms with Crippen LogP contribution in [0.1, 0.15) is 32.2 Å². The van der Waals surface area contributed by atoms with Crippen LogP contribution in [0.3, 0.4) is 0 Å². The first-order valence-electron chi connectivity index (χ1n) is 8.99. The largest absolute Gasteiger partial charge is 0.465 e. The van der Waals surface area contributed by atoms with Crippen LogP contribution in [0.5, 0.6) is 0 Å². The third kappa shape index (κ3) is 5.33. The number of thiazole rings is 1. The number of methoxy groups -OCH3 is 1. The van der Waals surface area contributed by atoms with Crippen LogP contribution >= 0.6 is 23.1 Å². The van der Waals surface area contributed by atoms with Crippen molar-refractivity contribution >= 4 is 40.1 Å². The molecule has 0 atom stereocenters. The Morgan fingerprint density at radius 2 is 1.90 bits per heavy atom. The fourth-order valence-corrected chi connectivity index (χ4v) is 4.29. The molecule has 1 amide bonds. The molecule has 8 nitrogen and oxygen atoms in total. The van der Waals surface area contributed by atoms with E-state index in [0.717, 1.165) is 28.7 Å². The summed E-state index contributed by atoms with van der Waals surface area (Å²) < 4.78 is 4.68. The van der Waals surface area contributed by atoms with Gasteiger partial charge in [0.25, 0.3) is 5.56 Å². The Morgan fingerprint density at radius 1 is 1.17 bits per heavy atom. The van der Waals surface area contributed by atoms with Crippen LogP contribution in [0, 0.1) is 13.8 Å². The summed E-state index contributed by atoms with van der Waals surface area (Å²) in [6.07, 6.45) is 0.492. The number of H-pyrrole nitrogens is 1. The topological polar surface area (TPSA) is 114 Å². The van der Waals surface area contributed by atoms with Crippen LogP contribution in [0.15, 0.2) is 40.3 Å². The number of carbonyl (C=O) groups is 2. The van der Waals surface area contributed by atoms with E-state index in [4.69, 9.17) is 0 Å². The molecule has 30 heavy (non-hydrogen) atoms. The van der Waals surface area contributed by atoms with Gasteiger partial charge in [-0.05, 0) is 19.4 Å². The highest BCUT2D eigenvalue weighted by Gasteiger charge is 2.17. The molecule has 2 heterocycles. The fraction of sp³-hybridized carbons (Fsp3) is 0.250. The molecular weight excluding hydrogens is 424 g/mol. The lowest BCUT2D eigenvalue weighted by atomic mass is 10.1. The van der Waals surface area contributed by atoms with Crippen LogP contribution in [-0.2, 0) is 16.0 Å². The lowest BCUT2D eigenvalue weighted by Gasteiger charge is -2.07. The van der Waals surface area contributed by atoms with Gasteiger partial charge in [0.05, 0.1) is 18.6 Å². The van der Waals surface area contributed by atoms with Crippen LogP contribution in [0.2, 0.25) is 0 Å². The van der Waals surface area contributed by atoms with Gasteiger partial charge in [-0.3, -0.25) is 9.59 Å². The first-order chi connectivity index (χ1) is 14.4. The van der Waals surface area contributed by atoms with Crippen LogP contribution in [0.4, 0.5) is 5.13 Å². The van der Waals surface area contributed by atoms with Gasteiger partial charge in [-0.15, -0.1) is 0 Å². The van der Waals surface area contributed by atoms with E-state index in [1.807, 2.05) is 30.3 Å². The fourth-order valence-electron chi connectivity index (χ4n) is 2.68. The van der Waals surface area contributed by atoms with Crippen molar-refractivity contribution in [3.63, 3.8) is 0 Å². The van der Waals surface area contributed by atoms with Crippen molar-refractivity contribution in [3.8, 4) is 0 Å². The number of aromatic nitrogens is 3. The monoisotopic (exact) mass is 444 g/mol. The first-order valence-corrected chi connectivity index (χ1v) is 10.8. The molecule has 2 aromatic heterocycles. The molecule has 0 bridgehead atoms. The van der Waals surface area contributed by atoms with E-state index >= 15 is 0 Å². The van der Waals surface area contributed by atoms with Gasteiger partial charge < -0.3 is 15.0 Å². The Hall–Kier alpha value is -2.98. The van der Waals surface area contributed by atoms with E-state index in [1.54, 1.807) is 13.8 Å². The quantitative estimate of drug-likeness (QED) is 0.327. The molecule has 0 saturated heterocycles. The van der Waals surface area contributed by atoms with E-state index in [9.17, 15) is 14.4 Å². The number of hydrogen-bond donors (Lipinski definition) is 2. The first kappa shape index (κ1) is 21.7. The molecule has 3 rings (SSSR count). The standard InChI is InChI=1S/C20H20N4O4S2/c1-11-14(9-13-7-5-4-6-8-13)17(26)24-19(21-11)29-10-15(25)23-20-22-12(2)16(30-20)18(27)28-3/h4-8H,9-10H2,1-3H3,(H,21,24,26)(H,22,23,25). The molecule has 0 fully saturated rings. The van der Waals surface area contributed by atoms with E-state index < -0.39 is 5.97 Å². The zero-order chi connectivity index (χ0) is 21.7. The molecule has 1 aromatic carbocycles. The summed E-state index contributed by atoms with van der Waals surface area (Å²) in [5.74, 6) is -0.779. The highest BCUT2D eigenvalue weighted by Crippen LogP contribution is 2.23. The lowest BCUT2D eigenvalue weighted by Crippen LogP contribution is -2.19. The van der Waals surface area contributed by atoms with Gasteiger partial charge in [-0.2, -0.15) is 0 Å². The van der Waals surface area contributed by atoms with Crippen molar-refractivity contribution in [3.05, 3.63) is 68.1 Å². The minimum absolute atomic E-state index is 0.0343. The van der Waals surface area contributed by atoms with Crippen molar-refractivity contribution in [2.45, 2.75) is 25.4 Å². The number of aromatic amines is 1. The van der Waals surface area contributed by atoms with Gasteiger partial charge >= 0.3 is 5.97 Å². The molecule has 3 aromatic rings. The normalized spacial score (nSPS) is 10.6. The van der Waals surface area contributed by atoms with E-state index in [2.05, 4.69) is 25.0 Å². The molecule has 0 aliphatic rings. The average molecular weight is 445 g/mol. The van der Waals surface area contributed by atoms with Gasteiger partial charge in [0.1, 0.15) is 4.88 Å². The van der Waals surface area contributed by atoms with Gasteiger partial charge in [0.15, 0.2) is 10.3 Å². The maximum Gasteiger partial charge on any atom is 0.350 e.